The van der Waals surface area contributed by atoms with Crippen LogP contribution < -0.4 is 10.2 Å². The summed E-state index contributed by atoms with van der Waals surface area (Å²) in [7, 11) is 0. The second-order valence-corrected chi connectivity index (χ2v) is 7.83. The minimum Gasteiger partial charge on any atom is -0.327 e. The third kappa shape index (κ3) is 3.69. The van der Waals surface area contributed by atoms with Crippen LogP contribution in [0.2, 0.25) is 0 Å². The third-order valence-electron chi connectivity index (χ3n) is 4.51. The maximum atomic E-state index is 13.4. The van der Waals surface area contributed by atoms with E-state index in [9.17, 15) is 14.4 Å². The molecule has 1 heterocycles. The second kappa shape index (κ2) is 7.09. The molecule has 0 bridgehead atoms. The summed E-state index contributed by atoms with van der Waals surface area (Å²) in [6.45, 7) is 6.38. The number of nitrogens with one attached hydrogen (secondary N) is 1. The van der Waals surface area contributed by atoms with E-state index in [1.165, 1.54) is 17.7 Å². The highest BCUT2D eigenvalue weighted by Gasteiger charge is 2.34. The first-order valence-electron chi connectivity index (χ1n) is 8.52. The molecule has 1 aliphatic rings. The zero-order valence-electron chi connectivity index (χ0n) is 15.3. The van der Waals surface area contributed by atoms with Gasteiger partial charge >= 0.3 is 0 Å². The fraction of sp³-hybridized carbons (Fsp3) is 0.238. The van der Waals surface area contributed by atoms with Crippen LogP contribution in [0.25, 0.3) is 0 Å². The molecule has 1 atom stereocenters. The Bertz CT molecular complexity index is 937. The normalized spacial score (nSPS) is 17.6. The van der Waals surface area contributed by atoms with E-state index in [1.54, 1.807) is 17.0 Å². The van der Waals surface area contributed by atoms with Crippen molar-refractivity contribution in [3.63, 3.8) is 0 Å². The van der Waals surface area contributed by atoms with E-state index >= 15 is 0 Å². The highest BCUT2D eigenvalue weighted by atomic mass is 32.1. The Labute approximate surface area is 163 Å². The van der Waals surface area contributed by atoms with Crippen molar-refractivity contribution < 1.29 is 9.18 Å². The Kier molecular flexibility index (Phi) is 4.99. The molecular formula is C21H20FN3OS. The molecule has 1 aliphatic heterocycles. The number of nitriles is 1. The summed E-state index contributed by atoms with van der Waals surface area (Å²) in [5.74, 6) is -0.846. The van der Waals surface area contributed by atoms with Crippen molar-refractivity contribution in [1.29, 1.82) is 5.26 Å². The molecule has 0 spiro atoms. The standard InChI is InChI=1S/C21H20FN3OS/c1-21(2,3)14-6-4-13(5-7-14)18-24-19(26)17(12-23)20(27)25(18)16-10-8-15(22)9-11-16/h4-11,18,27H,1-3H3,(H,24,26). The van der Waals surface area contributed by atoms with E-state index in [1.807, 2.05) is 30.3 Å². The maximum absolute atomic E-state index is 13.4. The van der Waals surface area contributed by atoms with Crippen LogP contribution in [-0.2, 0) is 10.2 Å². The predicted octanol–water partition coefficient (Wildman–Crippen LogP) is 4.42. The molecule has 0 fully saturated rings. The number of carbonyl (C=O) groups excluding carboxylic acids is 1. The summed E-state index contributed by atoms with van der Waals surface area (Å²) >= 11 is 4.43. The van der Waals surface area contributed by atoms with Gasteiger partial charge in [-0.1, -0.05) is 45.0 Å². The van der Waals surface area contributed by atoms with Crippen LogP contribution in [0.15, 0.2) is 59.1 Å². The average molecular weight is 381 g/mol. The Balaban J connectivity index is 2.09. The molecule has 0 aromatic heterocycles. The van der Waals surface area contributed by atoms with Crippen LogP contribution in [0.4, 0.5) is 10.1 Å². The molecule has 0 radical (unpaired) electrons. The van der Waals surface area contributed by atoms with Crippen LogP contribution >= 0.6 is 12.6 Å². The number of hydrogen-bond acceptors (Lipinski definition) is 4. The molecule has 6 heteroatoms. The minimum absolute atomic E-state index is 0.00751. The van der Waals surface area contributed by atoms with Crippen LogP contribution in [0.3, 0.4) is 0 Å². The minimum atomic E-state index is -0.554. The van der Waals surface area contributed by atoms with Crippen molar-refractivity contribution in [2.45, 2.75) is 32.4 Å². The molecule has 138 valence electrons. The van der Waals surface area contributed by atoms with Gasteiger partial charge in [-0.2, -0.15) is 5.26 Å². The highest BCUT2D eigenvalue weighted by Crippen LogP contribution is 2.36. The van der Waals surface area contributed by atoms with Crippen molar-refractivity contribution in [2.75, 3.05) is 4.90 Å². The van der Waals surface area contributed by atoms with Crippen LogP contribution in [0.5, 0.6) is 0 Å². The van der Waals surface area contributed by atoms with Crippen molar-refractivity contribution in [3.8, 4) is 6.07 Å². The summed E-state index contributed by atoms with van der Waals surface area (Å²) in [5, 5.41) is 12.4. The van der Waals surface area contributed by atoms with Gasteiger partial charge < -0.3 is 10.2 Å². The topological polar surface area (TPSA) is 56.1 Å². The molecule has 0 aliphatic carbocycles. The molecule has 1 unspecified atom stereocenters. The second-order valence-electron chi connectivity index (χ2n) is 7.40. The van der Waals surface area contributed by atoms with Gasteiger partial charge in [-0.3, -0.25) is 4.79 Å². The Morgan fingerprint density at radius 2 is 1.70 bits per heavy atom. The molecule has 0 saturated heterocycles. The van der Waals surface area contributed by atoms with Crippen molar-refractivity contribution in [2.24, 2.45) is 0 Å². The van der Waals surface area contributed by atoms with Gasteiger partial charge in [-0.15, -0.1) is 12.6 Å². The number of benzene rings is 2. The lowest BCUT2D eigenvalue weighted by atomic mass is 9.86. The van der Waals surface area contributed by atoms with Crippen molar-refractivity contribution >= 4 is 24.2 Å². The zero-order chi connectivity index (χ0) is 19.8. The molecule has 4 nitrogen and oxygen atoms in total. The van der Waals surface area contributed by atoms with Gasteiger partial charge in [-0.25, -0.2) is 4.39 Å². The first kappa shape index (κ1) is 19.0. The molecular weight excluding hydrogens is 361 g/mol. The van der Waals surface area contributed by atoms with E-state index in [4.69, 9.17) is 0 Å². The lowest BCUT2D eigenvalue weighted by molar-refractivity contribution is -0.118. The molecule has 1 N–H and O–H groups in total. The molecule has 2 aromatic rings. The first-order chi connectivity index (χ1) is 12.7. The smallest absolute Gasteiger partial charge is 0.266 e. The summed E-state index contributed by atoms with van der Waals surface area (Å²) in [6, 6.07) is 15.7. The highest BCUT2D eigenvalue weighted by molar-refractivity contribution is 7.84. The number of anilines is 1. The van der Waals surface area contributed by atoms with Gasteiger partial charge in [-0.05, 0) is 40.8 Å². The summed E-state index contributed by atoms with van der Waals surface area (Å²) in [4.78, 5) is 14.1. The molecule has 2 aromatic carbocycles. The van der Waals surface area contributed by atoms with E-state index < -0.39 is 12.1 Å². The largest absolute Gasteiger partial charge is 0.327 e. The van der Waals surface area contributed by atoms with E-state index in [-0.39, 0.29) is 21.8 Å². The quantitative estimate of drug-likeness (QED) is 0.757. The Morgan fingerprint density at radius 1 is 1.11 bits per heavy atom. The van der Waals surface area contributed by atoms with E-state index in [0.29, 0.717) is 5.69 Å². The summed E-state index contributed by atoms with van der Waals surface area (Å²) in [6.07, 6.45) is -0.554. The fourth-order valence-corrected chi connectivity index (χ4v) is 3.36. The lowest BCUT2D eigenvalue weighted by Gasteiger charge is -2.38. The summed E-state index contributed by atoms with van der Waals surface area (Å²) in [5.41, 5.74) is 2.56. The maximum Gasteiger partial charge on any atom is 0.266 e. The van der Waals surface area contributed by atoms with Gasteiger partial charge in [0.05, 0.1) is 5.03 Å². The SMILES string of the molecule is CC(C)(C)c1ccc(C2NC(=O)C(C#N)=C(S)N2c2ccc(F)cc2)cc1. The number of amides is 1. The van der Waals surface area contributed by atoms with Crippen molar-refractivity contribution in [3.05, 3.63) is 76.1 Å². The summed E-state index contributed by atoms with van der Waals surface area (Å²) < 4.78 is 13.4. The van der Waals surface area contributed by atoms with E-state index in [0.717, 1.165) is 5.56 Å². The molecule has 0 saturated carbocycles. The lowest BCUT2D eigenvalue weighted by Crippen LogP contribution is -2.46. The van der Waals surface area contributed by atoms with Gasteiger partial charge in [0.2, 0.25) is 0 Å². The Hall–Kier alpha value is -2.78. The fourth-order valence-electron chi connectivity index (χ4n) is 2.98. The molecule has 27 heavy (non-hydrogen) atoms. The number of carbonyl (C=O) groups is 1. The van der Waals surface area contributed by atoms with Crippen LogP contribution in [-0.4, -0.2) is 5.91 Å². The van der Waals surface area contributed by atoms with Crippen LogP contribution in [0, 0.1) is 17.1 Å². The number of halogens is 1. The number of nitrogens with zero attached hydrogens (tertiary/aromatic N) is 2. The van der Waals surface area contributed by atoms with Crippen LogP contribution in [0.1, 0.15) is 38.1 Å². The van der Waals surface area contributed by atoms with Gasteiger partial charge in [0.1, 0.15) is 23.6 Å². The van der Waals surface area contributed by atoms with Gasteiger partial charge in [0.15, 0.2) is 0 Å². The molecule has 3 rings (SSSR count). The predicted molar refractivity (Wildman–Crippen MR) is 107 cm³/mol. The monoisotopic (exact) mass is 381 g/mol. The third-order valence-corrected chi connectivity index (χ3v) is 4.95. The molecule has 1 amide bonds. The average Bonchev–Trinajstić information content (AvgIpc) is 2.62. The zero-order valence-corrected chi connectivity index (χ0v) is 16.2. The number of rotatable bonds is 2. The number of thiol groups is 1. The van der Waals surface area contributed by atoms with Crippen molar-refractivity contribution in [1.82, 2.24) is 5.32 Å². The van der Waals surface area contributed by atoms with E-state index in [2.05, 4.69) is 38.7 Å². The number of hydrogen-bond donors (Lipinski definition) is 2. The van der Waals surface area contributed by atoms with Gasteiger partial charge in [0, 0.05) is 5.69 Å². The first-order valence-corrected chi connectivity index (χ1v) is 8.96. The Morgan fingerprint density at radius 3 is 2.22 bits per heavy atom. The van der Waals surface area contributed by atoms with Gasteiger partial charge in [0.25, 0.3) is 5.91 Å².